The highest BCUT2D eigenvalue weighted by Crippen LogP contribution is 2.25. The van der Waals surface area contributed by atoms with Crippen LogP contribution in [0.3, 0.4) is 0 Å². The summed E-state index contributed by atoms with van der Waals surface area (Å²) in [5.41, 5.74) is 0. The van der Waals surface area contributed by atoms with E-state index in [0.29, 0.717) is 25.1 Å². The maximum atomic E-state index is 12.7. The van der Waals surface area contributed by atoms with Crippen LogP contribution in [0.4, 0.5) is 0 Å². The highest BCUT2D eigenvalue weighted by molar-refractivity contribution is 7.91. The number of para-hydroxylation sites is 1. The van der Waals surface area contributed by atoms with Gasteiger partial charge in [0, 0.05) is 12.6 Å². The Hall–Kier alpha value is -1.90. The molecule has 1 heterocycles. The van der Waals surface area contributed by atoms with Crippen LogP contribution in [0.25, 0.3) is 0 Å². The second-order valence-electron chi connectivity index (χ2n) is 6.48. The summed E-state index contributed by atoms with van der Waals surface area (Å²) in [6.45, 7) is 0.379. The van der Waals surface area contributed by atoms with Crippen molar-refractivity contribution in [2.75, 3.05) is 24.7 Å². The van der Waals surface area contributed by atoms with E-state index in [0.717, 1.165) is 0 Å². The zero-order chi connectivity index (χ0) is 19.3. The lowest BCUT2D eigenvalue weighted by atomic mass is 10.3. The molecule has 1 atom stereocenters. The Kier molecular flexibility index (Phi) is 6.18. The molecular formula is C19H23NO5S2. The van der Waals surface area contributed by atoms with E-state index in [1.165, 1.54) is 16.4 Å². The molecule has 146 valence electrons. The van der Waals surface area contributed by atoms with E-state index >= 15 is 0 Å². The molecule has 0 spiro atoms. The third-order valence-electron chi connectivity index (χ3n) is 4.55. The van der Waals surface area contributed by atoms with Gasteiger partial charge in [-0.2, -0.15) is 4.31 Å². The number of ether oxygens (including phenoxy) is 1. The molecule has 27 heavy (non-hydrogen) atoms. The Morgan fingerprint density at radius 2 is 1.56 bits per heavy atom. The smallest absolute Gasteiger partial charge is 0.217 e. The average Bonchev–Trinajstić information content (AvgIpc) is 3.12. The zero-order valence-electron chi connectivity index (χ0n) is 14.9. The first-order valence-corrected chi connectivity index (χ1v) is 12.1. The molecule has 0 saturated carbocycles. The molecular weight excluding hydrogens is 386 g/mol. The molecule has 2 aromatic rings. The number of benzene rings is 2. The van der Waals surface area contributed by atoms with Gasteiger partial charge in [0.25, 0.3) is 0 Å². The van der Waals surface area contributed by atoms with Crippen LogP contribution < -0.4 is 4.74 Å². The standard InChI is InChI=1S/C19H23NO5S2/c21-26(22,19-11-5-2-6-12-19)16-17-8-7-13-20(17)27(23,24)15-14-25-18-9-3-1-4-10-18/h1-6,9-12,17H,7-8,13-16H2. The van der Waals surface area contributed by atoms with Gasteiger partial charge in [0.05, 0.1) is 16.4 Å². The summed E-state index contributed by atoms with van der Waals surface area (Å²) in [4.78, 5) is 0.224. The molecule has 1 aliphatic rings. The Morgan fingerprint density at radius 1 is 0.926 bits per heavy atom. The molecule has 0 bridgehead atoms. The van der Waals surface area contributed by atoms with Gasteiger partial charge in [-0.1, -0.05) is 36.4 Å². The summed E-state index contributed by atoms with van der Waals surface area (Å²) in [5.74, 6) is 0.233. The van der Waals surface area contributed by atoms with E-state index in [4.69, 9.17) is 4.74 Å². The minimum atomic E-state index is -3.59. The number of hydrogen-bond donors (Lipinski definition) is 0. The normalized spacial score (nSPS) is 18.4. The van der Waals surface area contributed by atoms with E-state index in [2.05, 4.69) is 0 Å². The van der Waals surface area contributed by atoms with Crippen molar-refractivity contribution in [3.63, 3.8) is 0 Å². The summed E-state index contributed by atoms with van der Waals surface area (Å²) in [6.07, 6.45) is 1.21. The van der Waals surface area contributed by atoms with E-state index in [1.807, 2.05) is 18.2 Å². The van der Waals surface area contributed by atoms with Gasteiger partial charge in [0.15, 0.2) is 9.84 Å². The molecule has 0 amide bonds. The van der Waals surface area contributed by atoms with E-state index in [-0.39, 0.29) is 23.0 Å². The highest BCUT2D eigenvalue weighted by Gasteiger charge is 2.37. The van der Waals surface area contributed by atoms with E-state index < -0.39 is 25.9 Å². The Labute approximate surface area is 160 Å². The first-order valence-electron chi connectivity index (χ1n) is 8.84. The van der Waals surface area contributed by atoms with Crippen LogP contribution in [0.5, 0.6) is 5.75 Å². The molecule has 1 fully saturated rings. The van der Waals surface area contributed by atoms with Crippen molar-refractivity contribution in [2.45, 2.75) is 23.8 Å². The van der Waals surface area contributed by atoms with Crippen molar-refractivity contribution in [1.82, 2.24) is 4.31 Å². The fraction of sp³-hybridized carbons (Fsp3) is 0.368. The van der Waals surface area contributed by atoms with Gasteiger partial charge in [-0.25, -0.2) is 16.8 Å². The molecule has 1 unspecified atom stereocenters. The maximum absolute atomic E-state index is 12.7. The second kappa shape index (κ2) is 8.41. The number of rotatable bonds is 8. The molecule has 0 aromatic heterocycles. The van der Waals surface area contributed by atoms with Crippen molar-refractivity contribution in [3.05, 3.63) is 60.7 Å². The molecule has 6 nitrogen and oxygen atoms in total. The molecule has 1 aliphatic heterocycles. The van der Waals surface area contributed by atoms with Gasteiger partial charge in [-0.05, 0) is 37.1 Å². The van der Waals surface area contributed by atoms with Crippen LogP contribution in [-0.4, -0.2) is 51.8 Å². The van der Waals surface area contributed by atoms with Crippen LogP contribution in [0.15, 0.2) is 65.6 Å². The molecule has 8 heteroatoms. The number of sulfone groups is 1. The van der Waals surface area contributed by atoms with Crippen molar-refractivity contribution < 1.29 is 21.6 Å². The van der Waals surface area contributed by atoms with Crippen LogP contribution >= 0.6 is 0 Å². The number of hydrogen-bond acceptors (Lipinski definition) is 5. The van der Waals surface area contributed by atoms with E-state index in [9.17, 15) is 16.8 Å². The molecule has 1 saturated heterocycles. The molecule has 3 rings (SSSR count). The van der Waals surface area contributed by atoms with Crippen LogP contribution in [0.2, 0.25) is 0 Å². The van der Waals surface area contributed by atoms with Crippen LogP contribution in [0.1, 0.15) is 12.8 Å². The lowest BCUT2D eigenvalue weighted by molar-refractivity contribution is 0.333. The Bertz CT molecular complexity index is 944. The molecule has 2 aromatic carbocycles. The minimum absolute atomic E-state index is 0.0288. The predicted octanol–water partition coefficient (Wildman–Crippen LogP) is 2.33. The highest BCUT2D eigenvalue weighted by atomic mass is 32.2. The summed E-state index contributed by atoms with van der Waals surface area (Å²) in [5, 5.41) is 0. The van der Waals surface area contributed by atoms with Gasteiger partial charge < -0.3 is 4.74 Å². The monoisotopic (exact) mass is 409 g/mol. The maximum Gasteiger partial charge on any atom is 0.217 e. The number of nitrogens with zero attached hydrogens (tertiary/aromatic N) is 1. The van der Waals surface area contributed by atoms with Gasteiger partial charge in [0.1, 0.15) is 12.4 Å². The van der Waals surface area contributed by atoms with Crippen molar-refractivity contribution in [3.8, 4) is 5.75 Å². The van der Waals surface area contributed by atoms with Crippen molar-refractivity contribution >= 4 is 19.9 Å². The van der Waals surface area contributed by atoms with Crippen LogP contribution in [0, 0.1) is 0 Å². The average molecular weight is 410 g/mol. The van der Waals surface area contributed by atoms with E-state index in [1.54, 1.807) is 30.3 Å². The fourth-order valence-electron chi connectivity index (χ4n) is 3.22. The van der Waals surface area contributed by atoms with Gasteiger partial charge in [0.2, 0.25) is 10.0 Å². The second-order valence-corrected chi connectivity index (χ2v) is 10.6. The number of sulfonamides is 1. The predicted molar refractivity (Wildman–Crippen MR) is 104 cm³/mol. The summed E-state index contributed by atoms with van der Waals surface area (Å²) >= 11 is 0. The van der Waals surface area contributed by atoms with Gasteiger partial charge >= 0.3 is 0 Å². The molecule has 0 radical (unpaired) electrons. The van der Waals surface area contributed by atoms with Crippen molar-refractivity contribution in [2.24, 2.45) is 0 Å². The quantitative estimate of drug-likeness (QED) is 0.668. The molecule has 0 N–H and O–H groups in total. The third-order valence-corrected chi connectivity index (χ3v) is 8.24. The summed E-state index contributed by atoms with van der Waals surface area (Å²) < 4.78 is 57.5. The summed E-state index contributed by atoms with van der Waals surface area (Å²) in [6, 6.07) is 16.6. The van der Waals surface area contributed by atoms with Crippen molar-refractivity contribution in [1.29, 1.82) is 0 Å². The third kappa shape index (κ3) is 5.09. The first-order chi connectivity index (χ1) is 12.9. The summed E-state index contributed by atoms with van der Waals surface area (Å²) in [7, 11) is -7.13. The fourth-order valence-corrected chi connectivity index (χ4v) is 6.50. The topological polar surface area (TPSA) is 80.8 Å². The van der Waals surface area contributed by atoms with Crippen LogP contribution in [-0.2, 0) is 19.9 Å². The Morgan fingerprint density at radius 3 is 2.22 bits per heavy atom. The lowest BCUT2D eigenvalue weighted by Crippen LogP contribution is -2.41. The van der Waals surface area contributed by atoms with Gasteiger partial charge in [-0.15, -0.1) is 0 Å². The SMILES string of the molecule is O=S(=O)(CC1CCCN1S(=O)(=O)CCOc1ccccc1)c1ccccc1. The minimum Gasteiger partial charge on any atom is -0.492 e. The zero-order valence-corrected chi connectivity index (χ0v) is 16.5. The first kappa shape index (κ1) is 19.9. The van der Waals surface area contributed by atoms with Gasteiger partial charge in [-0.3, -0.25) is 0 Å². The Balaban J connectivity index is 1.64. The lowest BCUT2D eigenvalue weighted by Gasteiger charge is -2.24. The largest absolute Gasteiger partial charge is 0.492 e. The molecule has 0 aliphatic carbocycles.